The third-order valence-corrected chi connectivity index (χ3v) is 3.57. The van der Waals surface area contributed by atoms with Gasteiger partial charge in [-0.15, -0.1) is 0 Å². The molecule has 0 spiro atoms. The molecule has 0 bridgehead atoms. The Balaban J connectivity index is 4.53. The van der Waals surface area contributed by atoms with E-state index in [1.54, 1.807) is 6.92 Å². The summed E-state index contributed by atoms with van der Waals surface area (Å²) < 4.78 is 61.7. The van der Waals surface area contributed by atoms with E-state index >= 15 is 0 Å². The van der Waals surface area contributed by atoms with E-state index in [-0.39, 0.29) is 13.0 Å². The normalized spacial score (nSPS) is 16.8. The van der Waals surface area contributed by atoms with E-state index in [0.717, 1.165) is 0 Å². The fraction of sp³-hybridized carbons (Fsp3) is 1.00. The predicted molar refractivity (Wildman–Crippen MR) is 56.5 cm³/mol. The number of hydrogen-bond donors (Lipinski definition) is 3. The van der Waals surface area contributed by atoms with Gasteiger partial charge in [-0.3, -0.25) is 0 Å². The zero-order valence-electron chi connectivity index (χ0n) is 9.63. The van der Waals surface area contributed by atoms with Crippen molar-refractivity contribution in [2.45, 2.75) is 38.4 Å². The lowest BCUT2D eigenvalue weighted by Crippen LogP contribution is -2.52. The van der Waals surface area contributed by atoms with Gasteiger partial charge < -0.3 is 5.11 Å². The highest BCUT2D eigenvalue weighted by Gasteiger charge is 2.32. The highest BCUT2D eigenvalue weighted by molar-refractivity contribution is 7.87. The van der Waals surface area contributed by atoms with Crippen molar-refractivity contribution >= 4 is 10.2 Å². The molecule has 9 heteroatoms. The third kappa shape index (κ3) is 7.53. The van der Waals surface area contributed by atoms with Crippen molar-refractivity contribution in [2.75, 3.05) is 13.2 Å². The second-order valence-electron chi connectivity index (χ2n) is 3.93. The summed E-state index contributed by atoms with van der Waals surface area (Å²) >= 11 is 0. The minimum Gasteiger partial charge on any atom is -0.396 e. The Hall–Kier alpha value is -0.380. The summed E-state index contributed by atoms with van der Waals surface area (Å²) in [4.78, 5) is 0. The Bertz CT molecular complexity index is 331. The Labute approximate surface area is 98.6 Å². The zero-order chi connectivity index (χ0) is 13.7. The number of nitrogens with one attached hydrogen (secondary N) is 2. The summed E-state index contributed by atoms with van der Waals surface area (Å²) in [6, 6.07) is 0. The van der Waals surface area contributed by atoms with Crippen molar-refractivity contribution < 1.29 is 26.7 Å². The van der Waals surface area contributed by atoms with Crippen LogP contribution in [-0.4, -0.2) is 38.4 Å². The number of halogens is 3. The van der Waals surface area contributed by atoms with Crippen LogP contribution in [0.1, 0.15) is 26.7 Å². The molecule has 0 radical (unpaired) electrons. The van der Waals surface area contributed by atoms with Gasteiger partial charge in [0.2, 0.25) is 0 Å². The van der Waals surface area contributed by atoms with Crippen LogP contribution in [0.3, 0.4) is 0 Å². The Morgan fingerprint density at radius 3 is 2.18 bits per heavy atom. The molecule has 0 aliphatic rings. The van der Waals surface area contributed by atoms with Gasteiger partial charge in [0.25, 0.3) is 10.2 Å². The molecule has 0 fully saturated rings. The van der Waals surface area contributed by atoms with E-state index < -0.39 is 28.5 Å². The second kappa shape index (κ2) is 5.98. The van der Waals surface area contributed by atoms with Crippen molar-refractivity contribution in [1.82, 2.24) is 9.44 Å². The summed E-state index contributed by atoms with van der Waals surface area (Å²) in [5, 5.41) is 8.75. The molecule has 0 aromatic carbocycles. The fourth-order valence-corrected chi connectivity index (χ4v) is 2.41. The SMILES string of the molecule is CCC(C)(CCO)NS(=O)(=O)NCC(F)(F)F. The smallest absolute Gasteiger partial charge is 0.396 e. The van der Waals surface area contributed by atoms with Crippen LogP contribution in [0.2, 0.25) is 0 Å². The lowest BCUT2D eigenvalue weighted by Gasteiger charge is -2.28. The molecule has 5 nitrogen and oxygen atoms in total. The molecule has 0 heterocycles. The molecule has 0 aliphatic heterocycles. The molecular weight excluding hydrogens is 261 g/mol. The van der Waals surface area contributed by atoms with Gasteiger partial charge in [-0.05, 0) is 19.8 Å². The highest BCUT2D eigenvalue weighted by atomic mass is 32.2. The van der Waals surface area contributed by atoms with Crippen molar-refractivity contribution in [3.63, 3.8) is 0 Å². The lowest BCUT2D eigenvalue weighted by molar-refractivity contribution is -0.121. The maximum absolute atomic E-state index is 11.9. The van der Waals surface area contributed by atoms with E-state index in [4.69, 9.17) is 5.11 Å². The monoisotopic (exact) mass is 278 g/mol. The molecule has 17 heavy (non-hydrogen) atoms. The van der Waals surface area contributed by atoms with Crippen LogP contribution in [0, 0.1) is 0 Å². The topological polar surface area (TPSA) is 78.4 Å². The predicted octanol–water partition coefficient (Wildman–Crippen LogP) is 0.524. The zero-order valence-corrected chi connectivity index (χ0v) is 10.5. The number of alkyl halides is 3. The number of hydrogen-bond acceptors (Lipinski definition) is 3. The first kappa shape index (κ1) is 16.6. The number of rotatable bonds is 7. The van der Waals surface area contributed by atoms with E-state index in [1.165, 1.54) is 11.6 Å². The Morgan fingerprint density at radius 2 is 1.82 bits per heavy atom. The van der Waals surface area contributed by atoms with Gasteiger partial charge in [0, 0.05) is 12.1 Å². The van der Waals surface area contributed by atoms with Crippen LogP contribution in [0.25, 0.3) is 0 Å². The van der Waals surface area contributed by atoms with E-state index in [2.05, 4.69) is 4.72 Å². The minimum absolute atomic E-state index is 0.121. The maximum atomic E-state index is 11.9. The van der Waals surface area contributed by atoms with Crippen molar-refractivity contribution in [3.8, 4) is 0 Å². The number of aliphatic hydroxyl groups is 1. The quantitative estimate of drug-likeness (QED) is 0.635. The molecule has 0 aromatic rings. The molecule has 0 saturated heterocycles. The first-order valence-electron chi connectivity index (χ1n) is 5.00. The van der Waals surface area contributed by atoms with Crippen LogP contribution >= 0.6 is 0 Å². The first-order valence-corrected chi connectivity index (χ1v) is 6.48. The second-order valence-corrected chi connectivity index (χ2v) is 5.43. The Morgan fingerprint density at radius 1 is 1.29 bits per heavy atom. The summed E-state index contributed by atoms with van der Waals surface area (Å²) in [6.45, 7) is 1.30. The van der Waals surface area contributed by atoms with Gasteiger partial charge >= 0.3 is 6.18 Å². The van der Waals surface area contributed by atoms with Gasteiger partial charge in [-0.2, -0.15) is 31.0 Å². The average molecular weight is 278 g/mol. The largest absolute Gasteiger partial charge is 0.402 e. The molecule has 3 N–H and O–H groups in total. The van der Waals surface area contributed by atoms with Crippen LogP contribution in [0.5, 0.6) is 0 Å². The van der Waals surface area contributed by atoms with Crippen LogP contribution in [-0.2, 0) is 10.2 Å². The van der Waals surface area contributed by atoms with Crippen LogP contribution < -0.4 is 9.44 Å². The molecule has 0 aliphatic carbocycles. The van der Waals surface area contributed by atoms with Crippen molar-refractivity contribution in [2.24, 2.45) is 0 Å². The number of aliphatic hydroxyl groups excluding tert-OH is 1. The first-order chi connectivity index (χ1) is 7.54. The lowest BCUT2D eigenvalue weighted by atomic mass is 9.97. The van der Waals surface area contributed by atoms with Gasteiger partial charge in [0.1, 0.15) is 6.54 Å². The van der Waals surface area contributed by atoms with Crippen LogP contribution in [0.15, 0.2) is 0 Å². The summed E-state index contributed by atoms with van der Waals surface area (Å²) in [6.07, 6.45) is -4.13. The Kier molecular flexibility index (Phi) is 5.85. The van der Waals surface area contributed by atoms with Crippen LogP contribution in [0.4, 0.5) is 13.2 Å². The minimum atomic E-state index is -4.60. The molecule has 104 valence electrons. The standard InChI is InChI=1S/C8H17F3N2O3S/c1-3-7(2,4-5-14)13-17(15,16)12-6-8(9,10)11/h12-14H,3-6H2,1-2H3. The van der Waals surface area contributed by atoms with E-state index in [9.17, 15) is 21.6 Å². The molecular formula is C8H17F3N2O3S. The molecule has 1 unspecified atom stereocenters. The average Bonchev–Trinajstić information content (AvgIpc) is 2.14. The molecule has 0 rings (SSSR count). The summed E-state index contributed by atoms with van der Waals surface area (Å²) in [5.74, 6) is 0. The van der Waals surface area contributed by atoms with Crippen molar-refractivity contribution in [3.05, 3.63) is 0 Å². The molecule has 0 amide bonds. The summed E-state index contributed by atoms with van der Waals surface area (Å²) in [7, 11) is -4.24. The third-order valence-electron chi connectivity index (χ3n) is 2.29. The molecule has 0 aromatic heterocycles. The van der Waals surface area contributed by atoms with Gasteiger partial charge in [-0.25, -0.2) is 0 Å². The van der Waals surface area contributed by atoms with E-state index in [1.807, 2.05) is 0 Å². The maximum Gasteiger partial charge on any atom is 0.402 e. The van der Waals surface area contributed by atoms with Crippen molar-refractivity contribution in [1.29, 1.82) is 0 Å². The van der Waals surface area contributed by atoms with Gasteiger partial charge in [0.05, 0.1) is 0 Å². The fourth-order valence-electron chi connectivity index (χ4n) is 1.08. The van der Waals surface area contributed by atoms with E-state index in [0.29, 0.717) is 6.42 Å². The van der Waals surface area contributed by atoms with Gasteiger partial charge in [-0.1, -0.05) is 6.92 Å². The summed E-state index contributed by atoms with van der Waals surface area (Å²) in [5.41, 5.74) is -0.966. The molecule has 1 atom stereocenters. The highest BCUT2D eigenvalue weighted by Crippen LogP contribution is 2.16. The van der Waals surface area contributed by atoms with Gasteiger partial charge in [0.15, 0.2) is 0 Å². The molecule has 0 saturated carbocycles.